The second-order valence-electron chi connectivity index (χ2n) is 15.2. The fourth-order valence-corrected chi connectivity index (χ4v) is 9.18. The van der Waals surface area contributed by atoms with Crippen LogP contribution in [0.5, 0.6) is 23.0 Å². The lowest BCUT2D eigenvalue weighted by atomic mass is 9.55. The zero-order valence-electron chi connectivity index (χ0n) is 32.7. The van der Waals surface area contributed by atoms with Gasteiger partial charge >= 0.3 is 6.09 Å². The minimum atomic E-state index is -1.40. The summed E-state index contributed by atoms with van der Waals surface area (Å²) in [6.45, 7) is 10.3. The van der Waals surface area contributed by atoms with Crippen LogP contribution in [0.1, 0.15) is 68.9 Å². The van der Waals surface area contributed by atoms with Crippen LogP contribution in [0, 0.1) is 17.8 Å². The van der Waals surface area contributed by atoms with Crippen molar-refractivity contribution in [2.45, 2.75) is 76.2 Å². The summed E-state index contributed by atoms with van der Waals surface area (Å²) in [6.07, 6.45) is 8.55. The summed E-state index contributed by atoms with van der Waals surface area (Å²) in [5.74, 6) is 0.929. The molecule has 0 aromatic heterocycles. The molecule has 1 amide bonds. The predicted octanol–water partition coefficient (Wildman–Crippen LogP) is 6.03. The second-order valence-corrected chi connectivity index (χ2v) is 15.2. The summed E-state index contributed by atoms with van der Waals surface area (Å²) < 4.78 is 37.8. The number of amides is 1. The first-order chi connectivity index (χ1) is 27.4. The smallest absolute Gasteiger partial charge is 0.410 e. The van der Waals surface area contributed by atoms with Gasteiger partial charge in [0.1, 0.15) is 31.3 Å². The number of carbonyl (C=O) groups excluding carboxylic acids is 1. The van der Waals surface area contributed by atoms with Gasteiger partial charge in [0.2, 0.25) is 12.6 Å². The normalized spacial score (nSPS) is 26.4. The molecule has 0 spiro atoms. The molecule has 56 heavy (non-hydrogen) atoms. The fraction of sp³-hybridized carbons (Fsp3) is 0.581. The Kier molecular flexibility index (Phi) is 13.1. The summed E-state index contributed by atoms with van der Waals surface area (Å²) in [5, 5.41) is 24.4. The van der Waals surface area contributed by atoms with Crippen molar-refractivity contribution in [3.8, 4) is 23.0 Å². The second kappa shape index (κ2) is 18.3. The third kappa shape index (κ3) is 8.37. The zero-order chi connectivity index (χ0) is 39.1. The molecule has 3 heterocycles. The van der Waals surface area contributed by atoms with Crippen molar-refractivity contribution in [2.75, 3.05) is 66.6 Å². The first-order valence-corrected chi connectivity index (χ1v) is 20.2. The van der Waals surface area contributed by atoms with Crippen LogP contribution in [-0.4, -0.2) is 110 Å². The van der Waals surface area contributed by atoms with Gasteiger partial charge in [-0.15, -0.1) is 6.58 Å². The minimum Gasteiger partial charge on any atom is -0.492 e. The first kappa shape index (κ1) is 39.9. The molecule has 0 radical (unpaired) electrons. The van der Waals surface area contributed by atoms with E-state index >= 15 is 0 Å². The van der Waals surface area contributed by atoms with Crippen LogP contribution in [0.2, 0.25) is 0 Å². The summed E-state index contributed by atoms with van der Waals surface area (Å²) >= 11 is 0. The molecule has 3 aliphatic heterocycles. The van der Waals surface area contributed by atoms with E-state index in [9.17, 15) is 15.0 Å². The van der Waals surface area contributed by atoms with E-state index in [1.54, 1.807) is 25.0 Å². The monoisotopic (exact) mass is 775 g/mol. The van der Waals surface area contributed by atoms with Gasteiger partial charge in [-0.05, 0) is 85.9 Å². The lowest BCUT2D eigenvalue weighted by molar-refractivity contribution is -0.256. The number of benzene rings is 2. The van der Waals surface area contributed by atoms with E-state index in [1.165, 1.54) is 0 Å². The SMILES string of the molecule is C=CCOC12Oc3ccc(OCCN4CC4)cc3C3C(CCCCO)C(CCCCO)C=C(C(=NOC)CC1N(Cc1ccc4c(c1)OCO4)C(=O)OCC)C32. The molecule has 304 valence electrons. The van der Waals surface area contributed by atoms with Crippen LogP contribution in [0.15, 0.2) is 65.9 Å². The number of aliphatic hydroxyl groups excluding tert-OH is 2. The maximum atomic E-state index is 14.3. The van der Waals surface area contributed by atoms with Crippen molar-refractivity contribution in [2.24, 2.45) is 22.9 Å². The highest BCUT2D eigenvalue weighted by molar-refractivity contribution is 6.03. The number of carbonyl (C=O) groups is 1. The van der Waals surface area contributed by atoms with E-state index in [0.29, 0.717) is 42.4 Å². The number of rotatable bonds is 20. The summed E-state index contributed by atoms with van der Waals surface area (Å²) in [5.41, 5.74) is 3.51. The number of allylic oxidation sites excluding steroid dienone is 1. The number of nitrogens with zero attached hydrogens (tertiary/aromatic N) is 3. The molecule has 5 aliphatic rings. The van der Waals surface area contributed by atoms with E-state index in [1.807, 2.05) is 30.3 Å². The molecule has 2 aromatic carbocycles. The molecule has 6 unspecified atom stereocenters. The van der Waals surface area contributed by atoms with Gasteiger partial charge in [-0.3, -0.25) is 9.80 Å². The molecule has 6 atom stereocenters. The van der Waals surface area contributed by atoms with Crippen LogP contribution >= 0.6 is 0 Å². The molecule has 1 saturated heterocycles. The quantitative estimate of drug-likeness (QED) is 0.0705. The van der Waals surface area contributed by atoms with Gasteiger partial charge in [0.15, 0.2) is 11.5 Å². The summed E-state index contributed by atoms with van der Waals surface area (Å²) in [4.78, 5) is 23.9. The highest BCUT2D eigenvalue weighted by atomic mass is 16.7. The van der Waals surface area contributed by atoms with E-state index in [2.05, 4.69) is 28.8 Å². The molecule has 0 bridgehead atoms. The number of unbranched alkanes of at least 4 members (excludes halogenated alkanes) is 2. The molecule has 7 rings (SSSR count). The first-order valence-electron chi connectivity index (χ1n) is 20.2. The Morgan fingerprint density at radius 1 is 1.05 bits per heavy atom. The van der Waals surface area contributed by atoms with Gasteiger partial charge in [0.05, 0.1) is 24.8 Å². The maximum absolute atomic E-state index is 14.3. The van der Waals surface area contributed by atoms with E-state index in [4.69, 9.17) is 33.3 Å². The molecular formula is C43H57N3O10. The molecule has 2 fully saturated rings. The van der Waals surface area contributed by atoms with Crippen molar-refractivity contribution in [1.82, 2.24) is 9.80 Å². The Bertz CT molecular complexity index is 1750. The van der Waals surface area contributed by atoms with Gasteiger partial charge in [-0.1, -0.05) is 36.2 Å². The van der Waals surface area contributed by atoms with Crippen LogP contribution in [0.3, 0.4) is 0 Å². The van der Waals surface area contributed by atoms with Gasteiger partial charge in [-0.2, -0.15) is 0 Å². The van der Waals surface area contributed by atoms with Crippen LogP contribution in [0.25, 0.3) is 0 Å². The third-order valence-electron chi connectivity index (χ3n) is 11.7. The average molecular weight is 776 g/mol. The largest absolute Gasteiger partial charge is 0.492 e. The highest BCUT2D eigenvalue weighted by Gasteiger charge is 2.65. The summed E-state index contributed by atoms with van der Waals surface area (Å²) in [6, 6.07) is 11.0. The number of oxime groups is 1. The Morgan fingerprint density at radius 2 is 1.84 bits per heavy atom. The number of fused-ring (bicyclic) bond motifs is 3. The van der Waals surface area contributed by atoms with E-state index in [-0.39, 0.29) is 63.9 Å². The van der Waals surface area contributed by atoms with Crippen LogP contribution in [-0.2, 0) is 20.9 Å². The van der Waals surface area contributed by atoms with Gasteiger partial charge < -0.3 is 43.5 Å². The Labute approximate surface area is 329 Å². The predicted molar refractivity (Wildman–Crippen MR) is 209 cm³/mol. The Hall–Kier alpha value is -4.30. The molecule has 2 aliphatic carbocycles. The molecule has 2 N–H and O–H groups in total. The average Bonchev–Trinajstić information content (AvgIpc) is 3.91. The molecule has 2 aromatic rings. The summed E-state index contributed by atoms with van der Waals surface area (Å²) in [7, 11) is 1.54. The van der Waals surface area contributed by atoms with Crippen LogP contribution < -0.4 is 18.9 Å². The molecule has 13 nitrogen and oxygen atoms in total. The molecule has 1 saturated carbocycles. The molecular weight excluding hydrogens is 718 g/mol. The topological polar surface area (TPSA) is 141 Å². The minimum absolute atomic E-state index is 0.101. The lowest BCUT2D eigenvalue weighted by Crippen LogP contribution is -2.70. The Morgan fingerprint density at radius 3 is 2.59 bits per heavy atom. The maximum Gasteiger partial charge on any atom is 0.410 e. The van der Waals surface area contributed by atoms with Crippen molar-refractivity contribution in [1.29, 1.82) is 0 Å². The highest BCUT2D eigenvalue weighted by Crippen LogP contribution is 2.62. The molecule has 13 heteroatoms. The van der Waals surface area contributed by atoms with E-state index in [0.717, 1.165) is 67.8 Å². The van der Waals surface area contributed by atoms with Crippen molar-refractivity contribution >= 4 is 11.8 Å². The van der Waals surface area contributed by atoms with Crippen LogP contribution in [0.4, 0.5) is 4.79 Å². The van der Waals surface area contributed by atoms with Gasteiger partial charge in [0, 0.05) is 57.3 Å². The standard InChI is InChI=1S/C43H57N3O10/c1-4-21-55-43-39(46(42(49)51-5-2)27-29-12-14-37-38(23-29)54-28-53-37)26-35(44-50-3)33-24-30(10-6-8-19-47)32(11-7-9-20-48)40(41(33)43)34-25-31(13-15-36(34)56-43)52-22-18-45-16-17-45/h4,12-15,23-25,30,32,39-41,47-48H,1,5-11,16-22,26-28H2,2-3H3. The number of hydrogen-bond donors (Lipinski definition) is 2. The number of ether oxygens (including phenoxy) is 6. The van der Waals surface area contributed by atoms with Crippen molar-refractivity contribution in [3.05, 3.63) is 71.8 Å². The fourth-order valence-electron chi connectivity index (χ4n) is 9.18. The van der Waals surface area contributed by atoms with Gasteiger partial charge in [-0.25, -0.2) is 4.79 Å². The zero-order valence-corrected chi connectivity index (χ0v) is 32.7. The Balaban J connectivity index is 1.40. The third-order valence-corrected chi connectivity index (χ3v) is 11.7. The number of hydrogen-bond acceptors (Lipinski definition) is 12. The van der Waals surface area contributed by atoms with Gasteiger partial charge in [0.25, 0.3) is 0 Å². The van der Waals surface area contributed by atoms with Crippen molar-refractivity contribution < 1.29 is 48.3 Å². The van der Waals surface area contributed by atoms with Crippen molar-refractivity contribution in [3.63, 3.8) is 0 Å². The lowest BCUT2D eigenvalue weighted by Gasteiger charge is -2.59. The number of aliphatic hydroxyl groups is 2. The van der Waals surface area contributed by atoms with E-state index < -0.39 is 23.8 Å².